The topological polar surface area (TPSA) is 65.3 Å². The van der Waals surface area contributed by atoms with Gasteiger partial charge in [0.25, 0.3) is 11.5 Å². The quantitative estimate of drug-likeness (QED) is 0.796. The summed E-state index contributed by atoms with van der Waals surface area (Å²) in [6.45, 7) is 1.79. The van der Waals surface area contributed by atoms with Crippen LogP contribution in [0.5, 0.6) is 5.75 Å². The zero-order valence-electron chi connectivity index (χ0n) is 14.3. The van der Waals surface area contributed by atoms with Gasteiger partial charge < -0.3 is 10.1 Å². The van der Waals surface area contributed by atoms with Crippen LogP contribution in [0.25, 0.3) is 5.69 Å². The van der Waals surface area contributed by atoms with Crippen molar-refractivity contribution in [1.82, 2.24) is 9.36 Å². The Bertz CT molecular complexity index is 971. The van der Waals surface area contributed by atoms with E-state index in [4.69, 9.17) is 4.74 Å². The molecule has 1 heterocycles. The fraction of sp³-hybridized carbons (Fsp3) is 0.158. The van der Waals surface area contributed by atoms with E-state index in [1.54, 1.807) is 42.9 Å². The molecule has 128 valence electrons. The normalized spacial score (nSPS) is 10.5. The minimum absolute atomic E-state index is 0.263. The van der Waals surface area contributed by atoms with Gasteiger partial charge in [-0.1, -0.05) is 24.3 Å². The van der Waals surface area contributed by atoms with Crippen molar-refractivity contribution in [2.45, 2.75) is 6.92 Å². The van der Waals surface area contributed by atoms with E-state index < -0.39 is 0 Å². The van der Waals surface area contributed by atoms with Crippen LogP contribution in [0, 0.1) is 6.92 Å². The fourth-order valence-electron chi connectivity index (χ4n) is 2.66. The number of nitrogens with zero attached hydrogens (tertiary/aromatic N) is 2. The average Bonchev–Trinajstić information content (AvgIpc) is 2.85. The van der Waals surface area contributed by atoms with E-state index in [2.05, 4.69) is 5.32 Å². The van der Waals surface area contributed by atoms with E-state index in [0.29, 0.717) is 17.0 Å². The molecule has 0 aliphatic rings. The first-order valence-electron chi connectivity index (χ1n) is 7.82. The second kappa shape index (κ2) is 6.68. The van der Waals surface area contributed by atoms with E-state index in [-0.39, 0.29) is 17.2 Å². The van der Waals surface area contributed by atoms with Crippen molar-refractivity contribution < 1.29 is 9.53 Å². The molecule has 0 atom stereocenters. The van der Waals surface area contributed by atoms with E-state index >= 15 is 0 Å². The molecule has 6 heteroatoms. The molecule has 0 fully saturated rings. The first kappa shape index (κ1) is 16.6. The Labute approximate surface area is 145 Å². The highest BCUT2D eigenvalue weighted by Crippen LogP contribution is 2.17. The first-order valence-corrected chi connectivity index (χ1v) is 7.82. The number of hydrogen-bond donors (Lipinski definition) is 1. The summed E-state index contributed by atoms with van der Waals surface area (Å²) in [6, 6.07) is 16.1. The fourth-order valence-corrected chi connectivity index (χ4v) is 2.66. The summed E-state index contributed by atoms with van der Waals surface area (Å²) in [5.41, 5.74) is 1.82. The van der Waals surface area contributed by atoms with Gasteiger partial charge in [0.05, 0.1) is 18.5 Å². The van der Waals surface area contributed by atoms with E-state index in [0.717, 1.165) is 5.69 Å². The van der Waals surface area contributed by atoms with Crippen LogP contribution in [0.1, 0.15) is 16.1 Å². The molecular formula is C19H19N3O3. The average molecular weight is 337 g/mol. The Morgan fingerprint density at radius 1 is 1.08 bits per heavy atom. The lowest BCUT2D eigenvalue weighted by Crippen LogP contribution is -2.22. The lowest BCUT2D eigenvalue weighted by molar-refractivity contribution is 0.102. The maximum atomic E-state index is 12.8. The summed E-state index contributed by atoms with van der Waals surface area (Å²) >= 11 is 0. The van der Waals surface area contributed by atoms with Gasteiger partial charge in [0, 0.05) is 12.6 Å². The Hall–Kier alpha value is -3.28. The lowest BCUT2D eigenvalue weighted by atomic mass is 10.2. The molecule has 0 aliphatic heterocycles. The molecule has 1 N–H and O–H groups in total. The van der Waals surface area contributed by atoms with Gasteiger partial charge in [0.15, 0.2) is 0 Å². The van der Waals surface area contributed by atoms with Crippen LogP contribution in [0.2, 0.25) is 0 Å². The first-order chi connectivity index (χ1) is 12.0. The Morgan fingerprint density at radius 2 is 1.80 bits per heavy atom. The molecule has 0 saturated carbocycles. The number of carbonyl (C=O) groups excluding carboxylic acids is 1. The Balaban J connectivity index is 1.98. The predicted octanol–water partition coefficient (Wildman–Crippen LogP) is 2.75. The summed E-state index contributed by atoms with van der Waals surface area (Å²) in [5.74, 6) is 0.226. The molecular weight excluding hydrogens is 318 g/mol. The molecule has 1 aromatic heterocycles. The van der Waals surface area contributed by atoms with Gasteiger partial charge in [0.1, 0.15) is 11.4 Å². The van der Waals surface area contributed by atoms with Gasteiger partial charge in [-0.05, 0) is 37.3 Å². The van der Waals surface area contributed by atoms with Crippen LogP contribution >= 0.6 is 0 Å². The number of benzene rings is 2. The zero-order valence-corrected chi connectivity index (χ0v) is 14.3. The van der Waals surface area contributed by atoms with Crippen LogP contribution in [0.15, 0.2) is 59.4 Å². The number of carbonyl (C=O) groups is 1. The molecule has 0 unspecified atom stereocenters. The van der Waals surface area contributed by atoms with Gasteiger partial charge >= 0.3 is 0 Å². The number of rotatable bonds is 4. The maximum absolute atomic E-state index is 12.8. The Morgan fingerprint density at radius 3 is 2.48 bits per heavy atom. The molecule has 25 heavy (non-hydrogen) atoms. The highest BCUT2D eigenvalue weighted by molar-refractivity contribution is 6.04. The smallest absolute Gasteiger partial charge is 0.295 e. The lowest BCUT2D eigenvalue weighted by Gasteiger charge is -2.07. The van der Waals surface area contributed by atoms with Crippen LogP contribution in [0.3, 0.4) is 0 Å². The number of amides is 1. The van der Waals surface area contributed by atoms with Crippen molar-refractivity contribution >= 4 is 11.6 Å². The van der Waals surface area contributed by atoms with Crippen LogP contribution in [-0.2, 0) is 7.05 Å². The molecule has 2 aromatic carbocycles. The minimum atomic E-state index is -0.357. The zero-order chi connectivity index (χ0) is 18.0. The molecule has 0 spiro atoms. The van der Waals surface area contributed by atoms with Crippen LogP contribution in [-0.4, -0.2) is 22.4 Å². The third-order valence-electron chi connectivity index (χ3n) is 4.12. The monoisotopic (exact) mass is 337 g/mol. The number of methoxy groups -OCH3 is 1. The number of para-hydroxylation sites is 1. The largest absolute Gasteiger partial charge is 0.497 e. The van der Waals surface area contributed by atoms with Crippen molar-refractivity contribution in [2.24, 2.45) is 7.05 Å². The Kier molecular flexibility index (Phi) is 4.43. The maximum Gasteiger partial charge on any atom is 0.295 e. The van der Waals surface area contributed by atoms with Gasteiger partial charge in [-0.2, -0.15) is 0 Å². The van der Waals surface area contributed by atoms with Crippen molar-refractivity contribution in [3.63, 3.8) is 0 Å². The van der Waals surface area contributed by atoms with Crippen LogP contribution in [0.4, 0.5) is 5.69 Å². The van der Waals surface area contributed by atoms with Gasteiger partial charge in [-0.25, -0.2) is 4.68 Å². The summed E-state index contributed by atoms with van der Waals surface area (Å²) in [4.78, 5) is 25.3. The molecule has 1 amide bonds. The second-order valence-electron chi connectivity index (χ2n) is 5.62. The van der Waals surface area contributed by atoms with Crippen molar-refractivity contribution in [2.75, 3.05) is 12.4 Å². The number of anilines is 1. The SMILES string of the molecule is COc1cccc(C(=O)Nc2c(C)n(C)n(-c3ccccc3)c2=O)c1. The molecule has 0 radical (unpaired) electrons. The number of ether oxygens (including phenoxy) is 1. The third-order valence-corrected chi connectivity index (χ3v) is 4.12. The summed E-state index contributed by atoms with van der Waals surface area (Å²) in [7, 11) is 3.32. The molecule has 0 bridgehead atoms. The molecule has 3 rings (SSSR count). The minimum Gasteiger partial charge on any atom is -0.497 e. The molecule has 0 aliphatic carbocycles. The van der Waals surface area contributed by atoms with Gasteiger partial charge in [-0.3, -0.25) is 14.3 Å². The van der Waals surface area contributed by atoms with E-state index in [1.165, 1.54) is 11.8 Å². The number of hydrogen-bond acceptors (Lipinski definition) is 3. The second-order valence-corrected chi connectivity index (χ2v) is 5.62. The van der Waals surface area contributed by atoms with Gasteiger partial charge in [-0.15, -0.1) is 0 Å². The third kappa shape index (κ3) is 3.06. The number of aromatic nitrogens is 2. The summed E-state index contributed by atoms with van der Waals surface area (Å²) < 4.78 is 8.38. The molecule has 6 nitrogen and oxygen atoms in total. The van der Waals surface area contributed by atoms with E-state index in [1.807, 2.05) is 30.3 Å². The van der Waals surface area contributed by atoms with E-state index in [9.17, 15) is 9.59 Å². The standard InChI is InChI=1S/C19H19N3O3/c1-13-17(20-18(23)14-8-7-11-16(12-14)25-3)19(24)22(21(13)2)15-9-5-4-6-10-15/h4-12H,1-3H3,(H,20,23). The van der Waals surface area contributed by atoms with Crippen LogP contribution < -0.4 is 15.6 Å². The van der Waals surface area contributed by atoms with Gasteiger partial charge in [0.2, 0.25) is 0 Å². The molecule has 0 saturated heterocycles. The highest BCUT2D eigenvalue weighted by atomic mass is 16.5. The summed E-state index contributed by atoms with van der Waals surface area (Å²) in [6.07, 6.45) is 0. The van der Waals surface area contributed by atoms with Crippen molar-refractivity contribution in [3.8, 4) is 11.4 Å². The predicted molar refractivity (Wildman–Crippen MR) is 96.7 cm³/mol. The van der Waals surface area contributed by atoms with Crippen molar-refractivity contribution in [3.05, 3.63) is 76.2 Å². The highest BCUT2D eigenvalue weighted by Gasteiger charge is 2.18. The summed E-state index contributed by atoms with van der Waals surface area (Å²) in [5, 5.41) is 2.73. The van der Waals surface area contributed by atoms with Crippen molar-refractivity contribution in [1.29, 1.82) is 0 Å². The number of nitrogens with one attached hydrogen (secondary N) is 1. The molecule has 3 aromatic rings.